The number of esters is 1. The minimum atomic E-state index is -0.381. The Morgan fingerprint density at radius 3 is 2.72 bits per heavy atom. The molecule has 0 saturated heterocycles. The Hall–Kier alpha value is -1.28. The molecule has 1 aromatic carbocycles. The number of alkyl halides is 1. The molecule has 0 bridgehead atoms. The van der Waals surface area contributed by atoms with Gasteiger partial charge in [-0.05, 0) is 37.8 Å². The maximum Gasteiger partial charge on any atom is 0.330 e. The van der Waals surface area contributed by atoms with Crippen LogP contribution in [0.2, 0.25) is 0 Å². The van der Waals surface area contributed by atoms with Crippen LogP contribution in [-0.4, -0.2) is 12.6 Å². The summed E-state index contributed by atoms with van der Waals surface area (Å²) in [5.41, 5.74) is 2.33. The van der Waals surface area contributed by atoms with Crippen molar-refractivity contribution in [2.45, 2.75) is 31.6 Å². The smallest absolute Gasteiger partial charge is 0.330 e. The predicted molar refractivity (Wildman–Crippen MR) is 74.8 cm³/mol. The van der Waals surface area contributed by atoms with Crippen molar-refractivity contribution in [1.82, 2.24) is 0 Å². The normalized spacial score (nSPS) is 11.1. The molecule has 0 radical (unpaired) electrons. The van der Waals surface area contributed by atoms with Gasteiger partial charge in [-0.1, -0.05) is 30.8 Å². The summed E-state index contributed by atoms with van der Waals surface area (Å²) in [6.45, 7) is 7.71. The molecule has 3 heteroatoms. The number of halogens is 1. The maximum atomic E-state index is 10.9. The fraction of sp³-hybridized carbons (Fsp3) is 0.400. The van der Waals surface area contributed by atoms with Crippen molar-refractivity contribution in [3.63, 3.8) is 0 Å². The van der Waals surface area contributed by atoms with Crippen LogP contribution in [0.25, 0.3) is 0 Å². The van der Waals surface area contributed by atoms with Crippen molar-refractivity contribution in [1.29, 1.82) is 0 Å². The first kappa shape index (κ1) is 14.8. The van der Waals surface area contributed by atoms with Crippen LogP contribution in [0.1, 0.15) is 31.4 Å². The molecule has 0 aliphatic heterocycles. The van der Waals surface area contributed by atoms with Crippen molar-refractivity contribution < 1.29 is 9.53 Å². The molecule has 0 amide bonds. The van der Waals surface area contributed by atoms with Crippen molar-refractivity contribution in [3.05, 3.63) is 48.0 Å². The van der Waals surface area contributed by atoms with Gasteiger partial charge in [0.25, 0.3) is 0 Å². The van der Waals surface area contributed by atoms with Gasteiger partial charge in [-0.3, -0.25) is 0 Å². The highest BCUT2D eigenvalue weighted by Crippen LogP contribution is 2.30. The molecule has 0 saturated carbocycles. The van der Waals surface area contributed by atoms with Crippen LogP contribution in [-0.2, 0) is 20.8 Å². The fourth-order valence-electron chi connectivity index (χ4n) is 1.81. The maximum absolute atomic E-state index is 10.9. The Morgan fingerprint density at radius 1 is 1.44 bits per heavy atom. The Kier molecular flexibility index (Phi) is 5.42. The van der Waals surface area contributed by atoms with E-state index in [-0.39, 0.29) is 10.8 Å². The number of hydrogen-bond acceptors (Lipinski definition) is 2. The molecule has 18 heavy (non-hydrogen) atoms. The number of hydrogen-bond donors (Lipinski definition) is 0. The fourth-order valence-corrected chi connectivity index (χ4v) is 2.00. The van der Waals surface area contributed by atoms with E-state index in [0.717, 1.165) is 18.4 Å². The molecular weight excluding hydrogens is 248 g/mol. The lowest BCUT2D eigenvalue weighted by Gasteiger charge is -2.20. The van der Waals surface area contributed by atoms with Crippen LogP contribution in [0.3, 0.4) is 0 Å². The molecule has 0 aliphatic rings. The number of ether oxygens (including phenoxy) is 1. The zero-order chi connectivity index (χ0) is 13.6. The van der Waals surface area contributed by atoms with E-state index < -0.39 is 0 Å². The first-order valence-corrected chi connectivity index (χ1v) is 6.39. The summed E-state index contributed by atoms with van der Waals surface area (Å²) in [6.07, 6.45) is 2.80. The second-order valence-corrected chi connectivity index (χ2v) is 5.55. The van der Waals surface area contributed by atoms with Crippen molar-refractivity contribution >= 4 is 17.6 Å². The zero-order valence-electron chi connectivity index (χ0n) is 10.9. The SMILES string of the molecule is C=CC(=O)OCCCc1ccccc1C(C)(C)Cl. The summed E-state index contributed by atoms with van der Waals surface area (Å²) in [6, 6.07) is 8.09. The Labute approximate surface area is 114 Å². The van der Waals surface area contributed by atoms with Crippen molar-refractivity contribution in [2.24, 2.45) is 0 Å². The first-order valence-electron chi connectivity index (χ1n) is 6.01. The molecule has 98 valence electrons. The zero-order valence-corrected chi connectivity index (χ0v) is 11.7. The minimum absolute atomic E-state index is 0.374. The molecule has 0 unspecified atom stereocenters. The Morgan fingerprint density at radius 2 is 2.11 bits per heavy atom. The largest absolute Gasteiger partial charge is 0.463 e. The van der Waals surface area contributed by atoms with Gasteiger partial charge in [0.05, 0.1) is 11.5 Å². The van der Waals surface area contributed by atoms with Crippen LogP contribution in [0, 0.1) is 0 Å². The topological polar surface area (TPSA) is 26.3 Å². The summed E-state index contributed by atoms with van der Waals surface area (Å²) in [5, 5.41) is 0. The average Bonchev–Trinajstić information content (AvgIpc) is 2.33. The molecule has 0 fully saturated rings. The van der Waals surface area contributed by atoms with E-state index in [1.165, 1.54) is 11.6 Å². The number of rotatable bonds is 6. The third-order valence-electron chi connectivity index (χ3n) is 2.66. The number of carbonyl (C=O) groups excluding carboxylic acids is 1. The van der Waals surface area contributed by atoms with Crippen LogP contribution in [0.15, 0.2) is 36.9 Å². The molecule has 1 aromatic rings. The van der Waals surface area contributed by atoms with Gasteiger partial charge in [-0.15, -0.1) is 11.6 Å². The van der Waals surface area contributed by atoms with Crippen molar-refractivity contribution in [3.8, 4) is 0 Å². The lowest BCUT2D eigenvalue weighted by atomic mass is 9.94. The third kappa shape index (κ3) is 4.53. The lowest BCUT2D eigenvalue weighted by Crippen LogP contribution is -2.11. The molecule has 0 N–H and O–H groups in total. The highest BCUT2D eigenvalue weighted by atomic mass is 35.5. The van der Waals surface area contributed by atoms with E-state index in [4.69, 9.17) is 16.3 Å². The summed E-state index contributed by atoms with van der Waals surface area (Å²) >= 11 is 6.35. The predicted octanol–water partition coefficient (Wildman–Crippen LogP) is 3.82. The van der Waals surface area contributed by atoms with Gasteiger partial charge in [0.1, 0.15) is 0 Å². The minimum Gasteiger partial charge on any atom is -0.463 e. The molecule has 2 nitrogen and oxygen atoms in total. The molecule has 1 rings (SSSR count). The molecule has 0 heterocycles. The van der Waals surface area contributed by atoms with Gasteiger partial charge < -0.3 is 4.74 Å². The summed E-state index contributed by atoms with van der Waals surface area (Å²) in [5.74, 6) is -0.374. The van der Waals surface area contributed by atoms with Gasteiger partial charge >= 0.3 is 5.97 Å². The average molecular weight is 267 g/mol. The summed E-state index contributed by atoms with van der Waals surface area (Å²) in [7, 11) is 0. The van der Waals surface area contributed by atoms with Crippen molar-refractivity contribution in [2.75, 3.05) is 6.61 Å². The van der Waals surface area contributed by atoms with E-state index in [1.807, 2.05) is 32.0 Å². The summed E-state index contributed by atoms with van der Waals surface area (Å²) < 4.78 is 4.95. The highest BCUT2D eigenvalue weighted by molar-refractivity contribution is 6.23. The van der Waals surface area contributed by atoms with Gasteiger partial charge in [0.15, 0.2) is 0 Å². The molecule has 0 atom stereocenters. The van der Waals surface area contributed by atoms with Crippen LogP contribution < -0.4 is 0 Å². The number of aryl methyl sites for hydroxylation is 1. The van der Waals surface area contributed by atoms with Gasteiger partial charge in [-0.25, -0.2) is 4.79 Å². The van der Waals surface area contributed by atoms with Gasteiger partial charge in [-0.2, -0.15) is 0 Å². The molecule has 0 aliphatic carbocycles. The monoisotopic (exact) mass is 266 g/mol. The van der Waals surface area contributed by atoms with Crippen LogP contribution in [0.5, 0.6) is 0 Å². The number of carbonyl (C=O) groups is 1. The van der Waals surface area contributed by atoms with E-state index >= 15 is 0 Å². The molecular formula is C15H19ClO2. The second-order valence-electron chi connectivity index (χ2n) is 4.60. The number of benzene rings is 1. The summed E-state index contributed by atoms with van der Waals surface area (Å²) in [4.78, 5) is 10.5. The van der Waals surface area contributed by atoms with E-state index in [2.05, 4.69) is 12.6 Å². The third-order valence-corrected chi connectivity index (χ3v) is 2.86. The van der Waals surface area contributed by atoms with Gasteiger partial charge in [0.2, 0.25) is 0 Å². The van der Waals surface area contributed by atoms with E-state index in [0.29, 0.717) is 6.61 Å². The Balaban J connectivity index is 2.57. The van der Waals surface area contributed by atoms with Crippen LogP contribution in [0.4, 0.5) is 0 Å². The Bertz CT molecular complexity index is 419. The first-order chi connectivity index (χ1) is 8.45. The van der Waals surface area contributed by atoms with E-state index in [9.17, 15) is 4.79 Å². The second kappa shape index (κ2) is 6.60. The lowest BCUT2D eigenvalue weighted by molar-refractivity contribution is -0.137. The molecule has 0 spiro atoms. The highest BCUT2D eigenvalue weighted by Gasteiger charge is 2.19. The molecule has 0 aromatic heterocycles. The van der Waals surface area contributed by atoms with E-state index in [1.54, 1.807) is 0 Å². The van der Waals surface area contributed by atoms with Crippen LogP contribution >= 0.6 is 11.6 Å². The standard InChI is InChI=1S/C15H19ClO2/c1-4-14(17)18-11-7-9-12-8-5-6-10-13(12)15(2,3)16/h4-6,8,10H,1,7,9,11H2,2-3H3. The van der Waals surface area contributed by atoms with Gasteiger partial charge in [0, 0.05) is 6.08 Å². The quantitative estimate of drug-likeness (QED) is 0.339.